The van der Waals surface area contributed by atoms with Crippen LogP contribution in [0.25, 0.3) is 21.4 Å². The number of anilines is 1. The number of rotatable bonds is 3. The lowest BCUT2D eigenvalue weighted by Crippen LogP contribution is -2.36. The number of fused-ring (bicyclic) bond motifs is 1. The Balaban J connectivity index is 1.82. The van der Waals surface area contributed by atoms with Crippen molar-refractivity contribution in [3.63, 3.8) is 0 Å². The van der Waals surface area contributed by atoms with Crippen molar-refractivity contribution in [3.8, 4) is 11.1 Å². The lowest BCUT2D eigenvalue weighted by Gasteiger charge is -2.27. The van der Waals surface area contributed by atoms with Crippen LogP contribution in [-0.4, -0.2) is 39.4 Å². The van der Waals surface area contributed by atoms with Gasteiger partial charge >= 0.3 is 5.97 Å². The van der Waals surface area contributed by atoms with Crippen LogP contribution in [0.4, 0.5) is 5.88 Å². The lowest BCUT2D eigenvalue weighted by molar-refractivity contribution is 0.0601. The third kappa shape index (κ3) is 3.00. The van der Waals surface area contributed by atoms with Gasteiger partial charge in [0, 0.05) is 30.1 Å². The number of carbonyl (C=O) groups excluding carboxylic acids is 1. The smallest absolute Gasteiger partial charge is 0.337 e. The Labute approximate surface area is 153 Å². The molecule has 0 N–H and O–H groups in total. The number of esters is 1. The number of hydrogen-bond donors (Lipinski definition) is 0. The first-order valence-electron chi connectivity index (χ1n) is 8.24. The largest absolute Gasteiger partial charge is 0.465 e. The van der Waals surface area contributed by atoms with E-state index in [1.165, 1.54) is 18.4 Å². The molecule has 1 fully saturated rings. The standard InChI is InChI=1S/C19H17NO5S/c1-23-19(22)13-4-2-3-12(9-13)14-11-26-18-15(21)10-16(25-17(14)18)20-5-7-24-8-6-20/h2-4,9-11H,5-8H2,1H3. The molecule has 1 aromatic carbocycles. The van der Waals surface area contributed by atoms with Crippen molar-refractivity contribution in [2.75, 3.05) is 38.3 Å². The summed E-state index contributed by atoms with van der Waals surface area (Å²) < 4.78 is 16.8. The Kier molecular flexibility index (Phi) is 4.48. The lowest BCUT2D eigenvalue weighted by atomic mass is 10.1. The van der Waals surface area contributed by atoms with Crippen LogP contribution in [-0.2, 0) is 9.47 Å². The molecule has 2 aromatic heterocycles. The summed E-state index contributed by atoms with van der Waals surface area (Å²) in [7, 11) is 1.35. The van der Waals surface area contributed by atoms with E-state index in [9.17, 15) is 9.59 Å². The van der Waals surface area contributed by atoms with Crippen LogP contribution in [0.15, 0.2) is 44.9 Å². The molecule has 3 aromatic rings. The second kappa shape index (κ2) is 6.93. The average molecular weight is 371 g/mol. The predicted octanol–water partition coefficient (Wildman–Crippen LogP) is 3.14. The monoisotopic (exact) mass is 371 g/mol. The number of thiophene rings is 1. The summed E-state index contributed by atoms with van der Waals surface area (Å²) in [6.45, 7) is 2.59. The highest BCUT2D eigenvalue weighted by Crippen LogP contribution is 2.35. The van der Waals surface area contributed by atoms with E-state index < -0.39 is 5.97 Å². The first-order valence-corrected chi connectivity index (χ1v) is 9.12. The van der Waals surface area contributed by atoms with E-state index in [0.717, 1.165) is 11.1 Å². The Morgan fingerprint density at radius 2 is 2.04 bits per heavy atom. The van der Waals surface area contributed by atoms with Crippen molar-refractivity contribution in [2.45, 2.75) is 0 Å². The summed E-state index contributed by atoms with van der Waals surface area (Å²) in [4.78, 5) is 26.3. The minimum Gasteiger partial charge on any atom is -0.465 e. The van der Waals surface area contributed by atoms with Crippen LogP contribution in [0, 0.1) is 0 Å². The molecule has 1 aliphatic rings. The fourth-order valence-electron chi connectivity index (χ4n) is 3.00. The molecule has 3 heterocycles. The summed E-state index contributed by atoms with van der Waals surface area (Å²) in [5.41, 5.74) is 2.54. The van der Waals surface area contributed by atoms with E-state index in [0.29, 0.717) is 48.0 Å². The van der Waals surface area contributed by atoms with Gasteiger partial charge in [0.1, 0.15) is 4.70 Å². The quantitative estimate of drug-likeness (QED) is 0.659. The summed E-state index contributed by atoms with van der Waals surface area (Å²) in [5, 5.41) is 1.88. The minimum absolute atomic E-state index is 0.0619. The van der Waals surface area contributed by atoms with Gasteiger partial charge < -0.3 is 18.8 Å². The molecular weight excluding hydrogens is 354 g/mol. The summed E-state index contributed by atoms with van der Waals surface area (Å²) in [5.74, 6) is 0.149. The van der Waals surface area contributed by atoms with Crippen LogP contribution in [0.5, 0.6) is 0 Å². The molecule has 4 rings (SSSR count). The molecule has 0 amide bonds. The van der Waals surface area contributed by atoms with E-state index >= 15 is 0 Å². The first kappa shape index (κ1) is 16.8. The summed E-state index contributed by atoms with van der Waals surface area (Å²) in [6.07, 6.45) is 0. The number of ether oxygens (including phenoxy) is 2. The molecule has 1 saturated heterocycles. The minimum atomic E-state index is -0.401. The summed E-state index contributed by atoms with van der Waals surface area (Å²) in [6, 6.07) is 8.65. The zero-order valence-corrected chi connectivity index (χ0v) is 15.0. The second-order valence-corrected chi connectivity index (χ2v) is 6.81. The maximum atomic E-state index is 12.5. The van der Waals surface area contributed by atoms with Gasteiger partial charge in [-0.2, -0.15) is 0 Å². The molecule has 7 heteroatoms. The van der Waals surface area contributed by atoms with Crippen molar-refractivity contribution >= 4 is 33.5 Å². The van der Waals surface area contributed by atoms with Crippen LogP contribution >= 0.6 is 11.3 Å². The fraction of sp³-hybridized carbons (Fsp3) is 0.263. The number of morpholine rings is 1. The number of nitrogens with zero attached hydrogens (tertiary/aromatic N) is 1. The second-order valence-electron chi connectivity index (χ2n) is 5.93. The normalized spacial score (nSPS) is 14.6. The molecular formula is C19H17NO5S. The van der Waals surface area contributed by atoms with Gasteiger partial charge in [-0.25, -0.2) is 4.79 Å². The highest BCUT2D eigenvalue weighted by molar-refractivity contribution is 7.17. The van der Waals surface area contributed by atoms with Gasteiger partial charge in [0.05, 0.1) is 25.9 Å². The van der Waals surface area contributed by atoms with Gasteiger partial charge in [0.2, 0.25) is 5.43 Å². The fourth-order valence-corrected chi connectivity index (χ4v) is 3.91. The van der Waals surface area contributed by atoms with E-state index in [2.05, 4.69) is 0 Å². The van der Waals surface area contributed by atoms with Gasteiger partial charge in [-0.1, -0.05) is 12.1 Å². The van der Waals surface area contributed by atoms with E-state index in [4.69, 9.17) is 13.9 Å². The zero-order chi connectivity index (χ0) is 18.1. The molecule has 0 atom stereocenters. The Morgan fingerprint density at radius 3 is 2.81 bits per heavy atom. The highest BCUT2D eigenvalue weighted by atomic mass is 32.1. The Morgan fingerprint density at radius 1 is 1.23 bits per heavy atom. The third-order valence-corrected chi connectivity index (χ3v) is 5.32. The maximum Gasteiger partial charge on any atom is 0.337 e. The molecule has 0 aliphatic carbocycles. The van der Waals surface area contributed by atoms with Gasteiger partial charge in [0.25, 0.3) is 0 Å². The van der Waals surface area contributed by atoms with Crippen molar-refractivity contribution in [2.24, 2.45) is 0 Å². The predicted molar refractivity (Wildman–Crippen MR) is 100 cm³/mol. The van der Waals surface area contributed by atoms with Crippen LogP contribution < -0.4 is 10.3 Å². The molecule has 6 nitrogen and oxygen atoms in total. The highest BCUT2D eigenvalue weighted by Gasteiger charge is 2.19. The first-order chi connectivity index (χ1) is 12.7. The van der Waals surface area contributed by atoms with Crippen LogP contribution in [0.3, 0.4) is 0 Å². The topological polar surface area (TPSA) is 69.0 Å². The van der Waals surface area contributed by atoms with Crippen molar-refractivity contribution in [3.05, 3.63) is 51.5 Å². The molecule has 1 aliphatic heterocycles. The molecule has 0 radical (unpaired) electrons. The SMILES string of the molecule is COC(=O)c1cccc(-c2csc3c(=O)cc(N4CCOCC4)oc23)c1. The Bertz CT molecular complexity index is 1020. The number of carbonyl (C=O) groups is 1. The Hall–Kier alpha value is -2.64. The average Bonchev–Trinajstić information content (AvgIpc) is 3.13. The number of hydrogen-bond acceptors (Lipinski definition) is 7. The molecule has 0 saturated carbocycles. The number of benzene rings is 1. The van der Waals surface area contributed by atoms with E-state index in [1.54, 1.807) is 24.3 Å². The van der Waals surface area contributed by atoms with E-state index in [1.807, 2.05) is 16.3 Å². The van der Waals surface area contributed by atoms with Crippen molar-refractivity contribution in [1.82, 2.24) is 0 Å². The van der Waals surface area contributed by atoms with E-state index in [-0.39, 0.29) is 5.43 Å². The van der Waals surface area contributed by atoms with Gasteiger partial charge in [-0.3, -0.25) is 4.79 Å². The van der Waals surface area contributed by atoms with Gasteiger partial charge in [-0.15, -0.1) is 11.3 Å². The number of methoxy groups -OCH3 is 1. The van der Waals surface area contributed by atoms with Crippen LogP contribution in [0.2, 0.25) is 0 Å². The third-order valence-electron chi connectivity index (χ3n) is 4.35. The zero-order valence-electron chi connectivity index (χ0n) is 14.2. The molecule has 0 spiro atoms. The molecule has 0 bridgehead atoms. The molecule has 134 valence electrons. The molecule has 26 heavy (non-hydrogen) atoms. The van der Waals surface area contributed by atoms with Crippen molar-refractivity contribution in [1.29, 1.82) is 0 Å². The van der Waals surface area contributed by atoms with Gasteiger partial charge in [0.15, 0.2) is 11.5 Å². The summed E-state index contributed by atoms with van der Waals surface area (Å²) >= 11 is 1.35. The van der Waals surface area contributed by atoms with Crippen molar-refractivity contribution < 1.29 is 18.7 Å². The van der Waals surface area contributed by atoms with Gasteiger partial charge in [-0.05, 0) is 17.7 Å². The maximum absolute atomic E-state index is 12.5. The molecule has 0 unspecified atom stereocenters. The van der Waals surface area contributed by atoms with Crippen LogP contribution in [0.1, 0.15) is 10.4 Å².